The van der Waals surface area contributed by atoms with E-state index in [4.69, 9.17) is 9.47 Å². The van der Waals surface area contributed by atoms with Crippen molar-refractivity contribution in [1.82, 2.24) is 9.88 Å². The van der Waals surface area contributed by atoms with Gasteiger partial charge in [0.2, 0.25) is 0 Å². The van der Waals surface area contributed by atoms with Crippen molar-refractivity contribution in [3.05, 3.63) is 54.4 Å². The molecular weight excluding hydrogens is 292 g/mol. The maximum atomic E-state index is 12.7. The predicted octanol–water partition coefficient (Wildman–Crippen LogP) is 2.77. The molecule has 3 rings (SSSR count). The highest BCUT2D eigenvalue weighted by Gasteiger charge is 2.25. The molecule has 5 nitrogen and oxygen atoms in total. The van der Waals surface area contributed by atoms with E-state index in [-0.39, 0.29) is 12.0 Å². The van der Waals surface area contributed by atoms with E-state index < -0.39 is 0 Å². The monoisotopic (exact) mass is 312 g/mol. The Kier molecular flexibility index (Phi) is 4.76. The zero-order chi connectivity index (χ0) is 16.1. The average Bonchev–Trinajstić information content (AvgIpc) is 2.61. The maximum absolute atomic E-state index is 12.7. The van der Waals surface area contributed by atoms with Gasteiger partial charge < -0.3 is 14.4 Å². The zero-order valence-electron chi connectivity index (χ0n) is 13.1. The standard InChI is InChI=1S/C18H20N2O3/c1-2-11-20(18(21)14-7-9-19-10-8-14)12-15-13-22-16-5-3-4-6-17(16)23-15/h3-10,15H,2,11-13H2,1H3. The van der Waals surface area contributed by atoms with Gasteiger partial charge in [-0.05, 0) is 30.7 Å². The van der Waals surface area contributed by atoms with Gasteiger partial charge in [0, 0.05) is 24.5 Å². The van der Waals surface area contributed by atoms with E-state index in [1.165, 1.54) is 0 Å². The highest BCUT2D eigenvalue weighted by atomic mass is 16.6. The summed E-state index contributed by atoms with van der Waals surface area (Å²) < 4.78 is 11.7. The van der Waals surface area contributed by atoms with Crippen molar-refractivity contribution in [2.75, 3.05) is 19.7 Å². The number of pyridine rings is 1. The number of carbonyl (C=O) groups excluding carboxylic acids is 1. The number of ether oxygens (including phenoxy) is 2. The van der Waals surface area contributed by atoms with E-state index in [1.807, 2.05) is 29.2 Å². The van der Waals surface area contributed by atoms with Gasteiger partial charge in [-0.2, -0.15) is 0 Å². The number of amides is 1. The molecule has 1 atom stereocenters. The third-order valence-electron chi connectivity index (χ3n) is 3.70. The molecule has 1 unspecified atom stereocenters. The molecule has 1 amide bonds. The third-order valence-corrected chi connectivity index (χ3v) is 3.70. The Morgan fingerprint density at radius 3 is 2.70 bits per heavy atom. The smallest absolute Gasteiger partial charge is 0.254 e. The number of benzene rings is 1. The highest BCUT2D eigenvalue weighted by Crippen LogP contribution is 2.31. The molecular formula is C18H20N2O3. The minimum Gasteiger partial charge on any atom is -0.486 e. The molecule has 2 heterocycles. The molecule has 0 saturated carbocycles. The molecule has 1 aliphatic rings. The van der Waals surface area contributed by atoms with Gasteiger partial charge in [0.1, 0.15) is 6.61 Å². The second-order valence-electron chi connectivity index (χ2n) is 5.48. The van der Waals surface area contributed by atoms with Crippen LogP contribution in [0.25, 0.3) is 0 Å². The van der Waals surface area contributed by atoms with Gasteiger partial charge in [0.05, 0.1) is 6.54 Å². The van der Waals surface area contributed by atoms with E-state index in [2.05, 4.69) is 11.9 Å². The molecule has 0 aliphatic carbocycles. The van der Waals surface area contributed by atoms with Crippen molar-refractivity contribution in [1.29, 1.82) is 0 Å². The number of hydrogen-bond acceptors (Lipinski definition) is 4. The van der Waals surface area contributed by atoms with Gasteiger partial charge in [-0.3, -0.25) is 9.78 Å². The van der Waals surface area contributed by atoms with Crippen molar-refractivity contribution < 1.29 is 14.3 Å². The summed E-state index contributed by atoms with van der Waals surface area (Å²) in [5.74, 6) is 1.49. The second-order valence-corrected chi connectivity index (χ2v) is 5.48. The van der Waals surface area contributed by atoms with Crippen LogP contribution in [0.2, 0.25) is 0 Å². The van der Waals surface area contributed by atoms with Crippen LogP contribution < -0.4 is 9.47 Å². The molecule has 0 spiro atoms. The van der Waals surface area contributed by atoms with Crippen molar-refractivity contribution in [3.63, 3.8) is 0 Å². The van der Waals surface area contributed by atoms with Crippen LogP contribution in [0, 0.1) is 0 Å². The predicted molar refractivity (Wildman–Crippen MR) is 86.8 cm³/mol. The molecule has 120 valence electrons. The summed E-state index contributed by atoms with van der Waals surface area (Å²) in [7, 11) is 0. The number of hydrogen-bond donors (Lipinski definition) is 0. The molecule has 0 fully saturated rings. The number of para-hydroxylation sites is 2. The largest absolute Gasteiger partial charge is 0.486 e. The fraction of sp³-hybridized carbons (Fsp3) is 0.333. The SMILES string of the molecule is CCCN(CC1COc2ccccc2O1)C(=O)c1ccncc1. The first kappa shape index (κ1) is 15.3. The molecule has 0 saturated heterocycles. The lowest BCUT2D eigenvalue weighted by atomic mass is 10.2. The van der Waals surface area contributed by atoms with Crippen LogP contribution in [-0.2, 0) is 0 Å². The minimum absolute atomic E-state index is 0.00305. The first-order chi connectivity index (χ1) is 11.3. The van der Waals surface area contributed by atoms with Crippen LogP contribution in [0.4, 0.5) is 0 Å². The first-order valence-electron chi connectivity index (χ1n) is 7.85. The summed E-state index contributed by atoms with van der Waals surface area (Å²) >= 11 is 0. The molecule has 1 aliphatic heterocycles. The minimum atomic E-state index is -0.165. The Morgan fingerprint density at radius 2 is 1.96 bits per heavy atom. The summed E-state index contributed by atoms with van der Waals surface area (Å²) in [6, 6.07) is 11.1. The Bertz CT molecular complexity index is 660. The lowest BCUT2D eigenvalue weighted by molar-refractivity contribution is 0.0462. The highest BCUT2D eigenvalue weighted by molar-refractivity contribution is 5.94. The van der Waals surface area contributed by atoms with E-state index in [1.54, 1.807) is 24.5 Å². The zero-order valence-corrected chi connectivity index (χ0v) is 13.1. The molecule has 23 heavy (non-hydrogen) atoms. The van der Waals surface area contributed by atoms with Crippen molar-refractivity contribution in [2.45, 2.75) is 19.4 Å². The van der Waals surface area contributed by atoms with Gasteiger partial charge in [0.25, 0.3) is 5.91 Å². The van der Waals surface area contributed by atoms with Crippen LogP contribution in [0.5, 0.6) is 11.5 Å². The molecule has 1 aromatic carbocycles. The quantitative estimate of drug-likeness (QED) is 0.852. The van der Waals surface area contributed by atoms with Crippen LogP contribution in [0.3, 0.4) is 0 Å². The van der Waals surface area contributed by atoms with Gasteiger partial charge in [-0.15, -0.1) is 0 Å². The third kappa shape index (κ3) is 3.62. The molecule has 0 N–H and O–H groups in total. The van der Waals surface area contributed by atoms with E-state index in [0.29, 0.717) is 25.3 Å². The summed E-state index contributed by atoms with van der Waals surface area (Å²) in [5, 5.41) is 0. The van der Waals surface area contributed by atoms with Crippen molar-refractivity contribution in [3.8, 4) is 11.5 Å². The second kappa shape index (κ2) is 7.13. The lowest BCUT2D eigenvalue weighted by Crippen LogP contribution is -2.44. The normalized spacial score (nSPS) is 16.0. The van der Waals surface area contributed by atoms with E-state index in [0.717, 1.165) is 17.9 Å². The van der Waals surface area contributed by atoms with Gasteiger partial charge in [-0.1, -0.05) is 19.1 Å². The number of fused-ring (bicyclic) bond motifs is 1. The number of nitrogens with zero attached hydrogens (tertiary/aromatic N) is 2. The molecule has 0 radical (unpaired) electrons. The molecule has 5 heteroatoms. The fourth-order valence-electron chi connectivity index (χ4n) is 2.62. The van der Waals surface area contributed by atoms with E-state index in [9.17, 15) is 4.79 Å². The van der Waals surface area contributed by atoms with Crippen LogP contribution >= 0.6 is 0 Å². The molecule has 2 aromatic rings. The van der Waals surface area contributed by atoms with Gasteiger partial charge in [-0.25, -0.2) is 0 Å². The van der Waals surface area contributed by atoms with Crippen LogP contribution in [0.1, 0.15) is 23.7 Å². The topological polar surface area (TPSA) is 51.7 Å². The maximum Gasteiger partial charge on any atom is 0.254 e. The van der Waals surface area contributed by atoms with Gasteiger partial charge in [0.15, 0.2) is 17.6 Å². The van der Waals surface area contributed by atoms with Crippen molar-refractivity contribution >= 4 is 5.91 Å². The summed E-state index contributed by atoms with van der Waals surface area (Å²) in [5.41, 5.74) is 0.644. The van der Waals surface area contributed by atoms with Crippen LogP contribution in [-0.4, -0.2) is 41.6 Å². The summed E-state index contributed by atoms with van der Waals surface area (Å²) in [4.78, 5) is 18.4. The number of aromatic nitrogens is 1. The Hall–Kier alpha value is -2.56. The van der Waals surface area contributed by atoms with Crippen molar-refractivity contribution in [2.24, 2.45) is 0 Å². The Balaban J connectivity index is 1.70. The summed E-state index contributed by atoms with van der Waals surface area (Å²) in [6.45, 7) is 3.69. The molecule has 1 aromatic heterocycles. The van der Waals surface area contributed by atoms with Gasteiger partial charge >= 0.3 is 0 Å². The molecule has 0 bridgehead atoms. The first-order valence-corrected chi connectivity index (χ1v) is 7.85. The number of carbonyl (C=O) groups is 1. The van der Waals surface area contributed by atoms with Crippen LogP contribution in [0.15, 0.2) is 48.8 Å². The Morgan fingerprint density at radius 1 is 1.22 bits per heavy atom. The summed E-state index contributed by atoms with van der Waals surface area (Å²) in [6.07, 6.45) is 3.99. The number of rotatable bonds is 5. The fourth-order valence-corrected chi connectivity index (χ4v) is 2.62. The Labute approximate surface area is 135 Å². The average molecular weight is 312 g/mol. The van der Waals surface area contributed by atoms with E-state index >= 15 is 0 Å². The lowest BCUT2D eigenvalue weighted by Gasteiger charge is -2.31.